The van der Waals surface area contributed by atoms with E-state index in [0.717, 1.165) is 30.4 Å². The Morgan fingerprint density at radius 2 is 1.77 bits per heavy atom. The summed E-state index contributed by atoms with van der Waals surface area (Å²) in [6.45, 7) is 13.9. The van der Waals surface area contributed by atoms with Gasteiger partial charge in [-0.05, 0) is 55.8 Å². The number of fused-ring (bicyclic) bond motifs is 1. The Balaban J connectivity index is 2.00. The highest BCUT2D eigenvalue weighted by molar-refractivity contribution is 7.99. The molecular formula is C22H31N2OS+. The third-order valence-electron chi connectivity index (χ3n) is 5.04. The third-order valence-corrected chi connectivity index (χ3v) is 6.36. The maximum absolute atomic E-state index is 6.18. The molecule has 140 valence electrons. The molecule has 0 saturated carbocycles. The van der Waals surface area contributed by atoms with Gasteiger partial charge in [0.1, 0.15) is 10.6 Å². The monoisotopic (exact) mass is 371 g/mol. The summed E-state index contributed by atoms with van der Waals surface area (Å²) in [7, 11) is 0. The first-order chi connectivity index (χ1) is 12.4. The molecule has 0 amide bonds. The molecule has 1 aromatic heterocycles. The van der Waals surface area contributed by atoms with Crippen molar-refractivity contribution in [2.75, 3.05) is 6.61 Å². The molecule has 1 aliphatic heterocycles. The number of nitrogens with zero attached hydrogens (tertiary/aromatic N) is 2. The van der Waals surface area contributed by atoms with E-state index in [-0.39, 0.29) is 5.25 Å². The lowest BCUT2D eigenvalue weighted by atomic mass is 9.96. The molecule has 0 saturated heterocycles. The number of benzene rings is 1. The molecule has 0 spiro atoms. The van der Waals surface area contributed by atoms with Gasteiger partial charge < -0.3 is 4.74 Å². The van der Waals surface area contributed by atoms with Gasteiger partial charge in [0.25, 0.3) is 5.88 Å². The van der Waals surface area contributed by atoms with Gasteiger partial charge in [-0.15, -0.1) is 0 Å². The summed E-state index contributed by atoms with van der Waals surface area (Å²) < 4.78 is 8.47. The van der Waals surface area contributed by atoms with Crippen molar-refractivity contribution in [3.05, 3.63) is 52.0 Å². The molecule has 0 radical (unpaired) electrons. The fraction of sp³-hybridized carbons (Fsp3) is 0.545. The molecule has 2 aromatic rings. The SMILES string of the molecule is CCCCCOc1cc(C)nc2[n+]1C(C)SC2c1c(C)cc(C)cc1C. The van der Waals surface area contributed by atoms with Crippen LogP contribution in [0.2, 0.25) is 0 Å². The van der Waals surface area contributed by atoms with Crippen molar-refractivity contribution in [1.29, 1.82) is 0 Å². The summed E-state index contributed by atoms with van der Waals surface area (Å²) in [5, 5.41) is 0.591. The van der Waals surface area contributed by atoms with E-state index in [1.54, 1.807) is 0 Å². The zero-order chi connectivity index (χ0) is 18.8. The Morgan fingerprint density at radius 3 is 2.42 bits per heavy atom. The molecular weight excluding hydrogens is 340 g/mol. The lowest BCUT2D eigenvalue weighted by molar-refractivity contribution is -0.706. The van der Waals surface area contributed by atoms with Gasteiger partial charge in [0, 0.05) is 6.92 Å². The molecule has 2 heterocycles. The lowest BCUT2D eigenvalue weighted by Crippen LogP contribution is -2.39. The molecule has 4 heteroatoms. The van der Waals surface area contributed by atoms with E-state index in [0.29, 0.717) is 5.37 Å². The topological polar surface area (TPSA) is 26.0 Å². The largest absolute Gasteiger partial charge is 0.462 e. The van der Waals surface area contributed by atoms with Crippen LogP contribution in [0.4, 0.5) is 0 Å². The summed E-state index contributed by atoms with van der Waals surface area (Å²) in [5.74, 6) is 2.09. The van der Waals surface area contributed by atoms with E-state index in [4.69, 9.17) is 9.72 Å². The molecule has 0 bridgehead atoms. The van der Waals surface area contributed by atoms with Gasteiger partial charge in [-0.2, -0.15) is 4.57 Å². The van der Waals surface area contributed by atoms with Crippen LogP contribution in [0.1, 0.15) is 77.5 Å². The van der Waals surface area contributed by atoms with E-state index < -0.39 is 0 Å². The molecule has 1 aromatic carbocycles. The van der Waals surface area contributed by atoms with E-state index in [1.807, 2.05) is 11.8 Å². The van der Waals surface area contributed by atoms with Crippen molar-refractivity contribution in [3.8, 4) is 5.88 Å². The predicted octanol–water partition coefficient (Wildman–Crippen LogP) is 5.53. The van der Waals surface area contributed by atoms with E-state index in [9.17, 15) is 0 Å². The van der Waals surface area contributed by atoms with E-state index in [2.05, 4.69) is 64.3 Å². The van der Waals surface area contributed by atoms with Gasteiger partial charge in [0.05, 0.1) is 12.7 Å². The summed E-state index contributed by atoms with van der Waals surface area (Å²) in [4.78, 5) is 4.93. The minimum absolute atomic E-state index is 0.267. The second-order valence-electron chi connectivity index (χ2n) is 7.45. The molecule has 0 aliphatic carbocycles. The number of hydrogen-bond donors (Lipinski definition) is 0. The van der Waals surface area contributed by atoms with Crippen LogP contribution in [0.15, 0.2) is 18.2 Å². The number of aromatic nitrogens is 2. The standard InChI is InChI=1S/C22H31N2OS/c1-7-8-9-10-25-19-13-17(5)23-22-21(26-18(6)24(19)22)20-15(3)11-14(2)12-16(20)4/h11-13,18,21H,7-10H2,1-6H3/q+1. The van der Waals surface area contributed by atoms with Crippen molar-refractivity contribution in [1.82, 2.24) is 4.98 Å². The van der Waals surface area contributed by atoms with Crippen molar-refractivity contribution >= 4 is 11.8 Å². The van der Waals surface area contributed by atoms with Crippen molar-refractivity contribution in [2.24, 2.45) is 0 Å². The van der Waals surface area contributed by atoms with Gasteiger partial charge in [-0.1, -0.05) is 49.2 Å². The number of thioether (sulfide) groups is 1. The quantitative estimate of drug-likeness (QED) is 0.493. The number of unbranched alkanes of at least 4 members (excludes halogenated alkanes) is 2. The molecule has 0 fully saturated rings. The second kappa shape index (κ2) is 7.99. The second-order valence-corrected chi connectivity index (χ2v) is 8.87. The molecule has 26 heavy (non-hydrogen) atoms. The summed E-state index contributed by atoms with van der Waals surface area (Å²) >= 11 is 1.97. The van der Waals surface area contributed by atoms with Gasteiger partial charge >= 0.3 is 5.82 Å². The van der Waals surface area contributed by atoms with Crippen LogP contribution in [0.25, 0.3) is 0 Å². The molecule has 2 unspecified atom stereocenters. The Morgan fingerprint density at radius 1 is 1.08 bits per heavy atom. The number of hydrogen-bond acceptors (Lipinski definition) is 3. The first-order valence-electron chi connectivity index (χ1n) is 9.71. The summed E-state index contributed by atoms with van der Waals surface area (Å²) in [5.41, 5.74) is 6.48. The highest BCUT2D eigenvalue weighted by Gasteiger charge is 2.42. The Labute approximate surface area is 162 Å². The predicted molar refractivity (Wildman–Crippen MR) is 109 cm³/mol. The van der Waals surface area contributed by atoms with Crippen LogP contribution >= 0.6 is 11.8 Å². The average molecular weight is 372 g/mol. The molecule has 3 nitrogen and oxygen atoms in total. The fourth-order valence-electron chi connectivity index (χ4n) is 3.94. The summed E-state index contributed by atoms with van der Waals surface area (Å²) in [6, 6.07) is 6.66. The van der Waals surface area contributed by atoms with E-state index >= 15 is 0 Å². The summed E-state index contributed by atoms with van der Waals surface area (Å²) in [6.07, 6.45) is 3.53. The number of aryl methyl sites for hydroxylation is 4. The van der Waals surface area contributed by atoms with Gasteiger partial charge in [0.2, 0.25) is 0 Å². The maximum Gasteiger partial charge on any atom is 0.320 e. The maximum atomic E-state index is 6.18. The molecule has 0 N–H and O–H groups in total. The van der Waals surface area contributed by atoms with Gasteiger partial charge in [0.15, 0.2) is 5.69 Å². The highest BCUT2D eigenvalue weighted by atomic mass is 32.2. The van der Waals surface area contributed by atoms with Gasteiger partial charge in [-0.25, -0.2) is 0 Å². The zero-order valence-electron chi connectivity index (χ0n) is 16.9. The van der Waals surface area contributed by atoms with Crippen molar-refractivity contribution in [3.63, 3.8) is 0 Å². The zero-order valence-corrected chi connectivity index (χ0v) is 17.7. The normalized spacial score (nSPS) is 18.8. The van der Waals surface area contributed by atoms with Crippen LogP contribution in [-0.4, -0.2) is 11.6 Å². The van der Waals surface area contributed by atoms with Crippen molar-refractivity contribution in [2.45, 2.75) is 71.4 Å². The molecule has 1 aliphatic rings. The van der Waals surface area contributed by atoms with Gasteiger partial charge in [-0.3, -0.25) is 0 Å². The molecule has 3 rings (SSSR count). The molecule has 2 atom stereocenters. The fourth-order valence-corrected chi connectivity index (χ4v) is 5.46. The van der Waals surface area contributed by atoms with Crippen LogP contribution < -0.4 is 9.30 Å². The minimum Gasteiger partial charge on any atom is -0.462 e. The van der Waals surface area contributed by atoms with Crippen LogP contribution in [-0.2, 0) is 0 Å². The average Bonchev–Trinajstić information content (AvgIpc) is 2.87. The Kier molecular flexibility index (Phi) is 5.91. The van der Waals surface area contributed by atoms with Crippen LogP contribution in [0.5, 0.6) is 5.88 Å². The van der Waals surface area contributed by atoms with Crippen molar-refractivity contribution < 1.29 is 9.30 Å². The highest BCUT2D eigenvalue weighted by Crippen LogP contribution is 2.47. The number of rotatable bonds is 6. The first kappa shape index (κ1) is 19.2. The smallest absolute Gasteiger partial charge is 0.320 e. The first-order valence-corrected chi connectivity index (χ1v) is 10.7. The Hall–Kier alpha value is -1.55. The number of ether oxygens (including phenoxy) is 1. The van der Waals surface area contributed by atoms with E-state index in [1.165, 1.54) is 35.1 Å². The Bertz CT molecular complexity index is 780. The van der Waals surface area contributed by atoms with Crippen LogP contribution in [0.3, 0.4) is 0 Å². The lowest BCUT2D eigenvalue weighted by Gasteiger charge is -2.14. The minimum atomic E-state index is 0.267. The third kappa shape index (κ3) is 3.75. The van der Waals surface area contributed by atoms with Crippen LogP contribution in [0, 0.1) is 27.7 Å².